The Bertz CT molecular complexity index is 495. The Morgan fingerprint density at radius 3 is 2.25 bits per heavy atom. The molecule has 7 heteroatoms. The van der Waals surface area contributed by atoms with Crippen LogP contribution >= 0.6 is 0 Å². The molecule has 0 aromatic rings. The summed E-state index contributed by atoms with van der Waals surface area (Å²) >= 11 is 0. The molecule has 0 bridgehead atoms. The maximum absolute atomic E-state index is 11.4. The van der Waals surface area contributed by atoms with Gasteiger partial charge in [0.2, 0.25) is 0 Å². The van der Waals surface area contributed by atoms with Gasteiger partial charge in [-0.1, -0.05) is 64.7 Å². The van der Waals surface area contributed by atoms with Gasteiger partial charge in [-0.15, -0.1) is 0 Å². The Morgan fingerprint density at radius 2 is 1.68 bits per heavy atom. The van der Waals surface area contributed by atoms with Crippen molar-refractivity contribution in [3.05, 3.63) is 0 Å². The monoisotopic (exact) mass is 398 g/mol. The highest BCUT2D eigenvalue weighted by Crippen LogP contribution is 2.20. The third kappa shape index (κ3) is 10.2. The molecule has 1 aliphatic heterocycles. The van der Waals surface area contributed by atoms with Crippen molar-refractivity contribution >= 4 is 17.8 Å². The number of hydrogen-bond acceptors (Lipinski definition) is 5. The summed E-state index contributed by atoms with van der Waals surface area (Å²) in [6.07, 6.45) is 13.4. The molecule has 162 valence electrons. The van der Waals surface area contributed by atoms with Gasteiger partial charge < -0.3 is 19.7 Å². The second-order valence-corrected chi connectivity index (χ2v) is 7.80. The summed E-state index contributed by atoms with van der Waals surface area (Å²) in [4.78, 5) is 26.4. The maximum atomic E-state index is 11.4. The van der Waals surface area contributed by atoms with Crippen LogP contribution in [0.25, 0.3) is 0 Å². The number of aliphatic carboxylic acids is 2. The van der Waals surface area contributed by atoms with Gasteiger partial charge in [-0.25, -0.2) is 9.79 Å². The maximum Gasteiger partial charge on any atom is 0.359 e. The molecule has 1 aliphatic rings. The predicted octanol–water partition coefficient (Wildman–Crippen LogP) is 2.38. The molecule has 1 N–H and O–H groups in total. The van der Waals surface area contributed by atoms with Crippen LogP contribution in [-0.4, -0.2) is 66.8 Å². The number of rotatable bonds is 18. The Hall–Kier alpha value is -1.47. The number of aliphatic imine (C=N–C) groups is 1. The minimum absolute atomic E-state index is 0.0225. The van der Waals surface area contributed by atoms with Gasteiger partial charge in [0.15, 0.2) is 12.4 Å². The van der Waals surface area contributed by atoms with Crippen molar-refractivity contribution in [1.82, 2.24) is 0 Å². The Morgan fingerprint density at radius 1 is 1.07 bits per heavy atom. The average molecular weight is 399 g/mol. The number of nitrogens with zero attached hydrogens (tertiary/aromatic N) is 2. The summed E-state index contributed by atoms with van der Waals surface area (Å²) in [5.74, 6) is -1.19. The molecule has 1 unspecified atom stereocenters. The molecule has 1 atom stereocenters. The van der Waals surface area contributed by atoms with Crippen LogP contribution in [0.4, 0.5) is 0 Å². The van der Waals surface area contributed by atoms with Gasteiger partial charge in [-0.3, -0.25) is 4.48 Å². The zero-order valence-electron chi connectivity index (χ0n) is 17.5. The van der Waals surface area contributed by atoms with E-state index in [4.69, 9.17) is 4.74 Å². The number of hydrogen-bond donors (Lipinski definition) is 1. The number of carbonyl (C=O) groups excluding carboxylic acids is 1. The summed E-state index contributed by atoms with van der Waals surface area (Å²) < 4.78 is 5.38. The van der Waals surface area contributed by atoms with E-state index in [0.717, 1.165) is 25.1 Å². The molecule has 0 spiro atoms. The molecule has 0 aromatic carbocycles. The zero-order chi connectivity index (χ0) is 20.7. The highest BCUT2D eigenvalue weighted by molar-refractivity contribution is 5.80. The van der Waals surface area contributed by atoms with Crippen LogP contribution in [-0.2, 0) is 14.3 Å². The first-order valence-corrected chi connectivity index (χ1v) is 10.9. The highest BCUT2D eigenvalue weighted by Gasteiger charge is 2.39. The Labute approximate surface area is 169 Å². The first-order chi connectivity index (χ1) is 13.5. The molecule has 1 rings (SSSR count). The molecular weight excluding hydrogens is 360 g/mol. The molecule has 0 amide bonds. The van der Waals surface area contributed by atoms with Crippen LogP contribution in [0, 0.1) is 0 Å². The average Bonchev–Trinajstić information content (AvgIpc) is 3.02. The van der Waals surface area contributed by atoms with Gasteiger partial charge in [0, 0.05) is 6.42 Å². The van der Waals surface area contributed by atoms with Gasteiger partial charge in [-0.2, -0.15) is 0 Å². The lowest BCUT2D eigenvalue weighted by Crippen LogP contribution is -2.55. The number of carbonyl (C=O) groups is 2. The van der Waals surface area contributed by atoms with Crippen LogP contribution in [0.3, 0.4) is 0 Å². The van der Waals surface area contributed by atoms with Gasteiger partial charge in [0.25, 0.3) is 0 Å². The zero-order valence-corrected chi connectivity index (χ0v) is 17.5. The minimum Gasteiger partial charge on any atom is -0.548 e. The van der Waals surface area contributed by atoms with Crippen molar-refractivity contribution in [3.63, 3.8) is 0 Å². The van der Waals surface area contributed by atoms with E-state index in [2.05, 4.69) is 11.9 Å². The van der Waals surface area contributed by atoms with Gasteiger partial charge in [-0.05, 0) is 6.42 Å². The van der Waals surface area contributed by atoms with Crippen molar-refractivity contribution in [2.75, 3.05) is 39.4 Å². The molecule has 0 aliphatic carbocycles. The Balaban J connectivity index is 2.30. The van der Waals surface area contributed by atoms with E-state index >= 15 is 0 Å². The van der Waals surface area contributed by atoms with Crippen LogP contribution < -0.4 is 5.11 Å². The largest absolute Gasteiger partial charge is 0.548 e. The van der Waals surface area contributed by atoms with Crippen molar-refractivity contribution in [1.29, 1.82) is 0 Å². The van der Waals surface area contributed by atoms with Crippen molar-refractivity contribution in [3.8, 4) is 0 Å². The fourth-order valence-corrected chi connectivity index (χ4v) is 3.88. The fraction of sp³-hybridized carbons (Fsp3) is 0.857. The topological polar surface area (TPSA) is 99.0 Å². The van der Waals surface area contributed by atoms with E-state index < -0.39 is 18.5 Å². The molecule has 28 heavy (non-hydrogen) atoms. The SMILES string of the molecule is CCCCCCCCCCCCC1=NCC[N+]1(CCOCC(=O)[O-])CC(=O)O. The summed E-state index contributed by atoms with van der Waals surface area (Å²) in [7, 11) is 0. The first-order valence-electron chi connectivity index (χ1n) is 10.9. The van der Waals surface area contributed by atoms with E-state index in [0.29, 0.717) is 24.1 Å². The van der Waals surface area contributed by atoms with Gasteiger partial charge in [0.1, 0.15) is 13.1 Å². The number of ether oxygens (including phenoxy) is 1. The van der Waals surface area contributed by atoms with Crippen molar-refractivity contribution in [2.24, 2.45) is 4.99 Å². The molecular formula is C21H38N2O5. The quantitative estimate of drug-likeness (QED) is 0.282. The van der Waals surface area contributed by atoms with Gasteiger partial charge in [0.05, 0.1) is 25.7 Å². The fourth-order valence-electron chi connectivity index (χ4n) is 3.88. The normalized spacial score (nSPS) is 19.0. The Kier molecular flexibility index (Phi) is 12.7. The van der Waals surface area contributed by atoms with E-state index in [1.165, 1.54) is 51.4 Å². The minimum atomic E-state index is -1.26. The second-order valence-electron chi connectivity index (χ2n) is 7.80. The molecule has 0 aromatic heterocycles. The third-order valence-electron chi connectivity index (χ3n) is 5.45. The number of amidine groups is 1. The van der Waals surface area contributed by atoms with E-state index in [-0.39, 0.29) is 13.2 Å². The lowest BCUT2D eigenvalue weighted by atomic mass is 10.1. The third-order valence-corrected chi connectivity index (χ3v) is 5.45. The van der Waals surface area contributed by atoms with Crippen LogP contribution in [0.5, 0.6) is 0 Å². The molecule has 0 saturated carbocycles. The lowest BCUT2D eigenvalue weighted by molar-refractivity contribution is -0.829. The van der Waals surface area contributed by atoms with Crippen LogP contribution in [0.15, 0.2) is 4.99 Å². The summed E-state index contributed by atoms with van der Waals surface area (Å²) in [5, 5.41) is 19.8. The second kappa shape index (κ2) is 14.5. The van der Waals surface area contributed by atoms with E-state index in [1.807, 2.05) is 0 Å². The summed E-state index contributed by atoms with van der Waals surface area (Å²) in [6, 6.07) is 0. The summed E-state index contributed by atoms with van der Waals surface area (Å²) in [6.45, 7) is 3.66. The smallest absolute Gasteiger partial charge is 0.359 e. The first kappa shape index (κ1) is 24.6. The standard InChI is InChI=1S/C21H38N2O5/c1-2-3-4-5-6-7-8-9-10-11-12-19-22-13-14-23(19,17-20(24)25)15-16-28-18-21(26)27/h2-18H2,1H3,(H-,24,25,26,27). The van der Waals surface area contributed by atoms with Crippen LogP contribution in [0.2, 0.25) is 0 Å². The van der Waals surface area contributed by atoms with E-state index in [1.54, 1.807) is 0 Å². The number of unbranched alkanes of at least 4 members (excludes halogenated alkanes) is 9. The van der Waals surface area contributed by atoms with Crippen molar-refractivity contribution < 1.29 is 29.0 Å². The molecule has 0 fully saturated rings. The van der Waals surface area contributed by atoms with Crippen molar-refractivity contribution in [2.45, 2.75) is 77.6 Å². The van der Waals surface area contributed by atoms with Gasteiger partial charge >= 0.3 is 5.97 Å². The highest BCUT2D eigenvalue weighted by atomic mass is 16.5. The molecule has 0 radical (unpaired) electrons. The predicted molar refractivity (Wildman–Crippen MR) is 107 cm³/mol. The van der Waals surface area contributed by atoms with Crippen LogP contribution in [0.1, 0.15) is 77.6 Å². The lowest BCUT2D eigenvalue weighted by Gasteiger charge is -2.33. The number of carboxylic acids is 2. The van der Waals surface area contributed by atoms with E-state index in [9.17, 15) is 19.8 Å². The summed E-state index contributed by atoms with van der Waals surface area (Å²) in [5.41, 5.74) is 0. The molecule has 1 heterocycles. The number of quaternary nitrogens is 1. The molecule has 0 saturated heterocycles. The number of carboxylic acid groups (broad SMARTS) is 2. The molecule has 7 nitrogen and oxygen atoms in total.